The van der Waals surface area contributed by atoms with Crippen LogP contribution in [0.25, 0.3) is 0 Å². The third-order valence-corrected chi connectivity index (χ3v) is 2.64. The van der Waals surface area contributed by atoms with Crippen LogP contribution < -0.4 is 10.6 Å². The first-order valence-electron chi connectivity index (χ1n) is 5.56. The van der Waals surface area contributed by atoms with Crippen molar-refractivity contribution in [2.75, 3.05) is 7.05 Å². The van der Waals surface area contributed by atoms with Gasteiger partial charge in [-0.25, -0.2) is 0 Å². The molecule has 0 heterocycles. The summed E-state index contributed by atoms with van der Waals surface area (Å²) >= 11 is 0. The van der Waals surface area contributed by atoms with Crippen LogP contribution in [0.5, 0.6) is 0 Å². The summed E-state index contributed by atoms with van der Waals surface area (Å²) in [6.07, 6.45) is -5.12. The number of rotatable bonds is 3. The minimum atomic E-state index is -5.12. The van der Waals surface area contributed by atoms with E-state index < -0.39 is 35.0 Å². The quantitative estimate of drug-likeness (QED) is 0.709. The molecule has 0 aromatic rings. The molecule has 0 saturated heterocycles. The Kier molecular flexibility index (Phi) is 4.99. The van der Waals surface area contributed by atoms with E-state index in [0.29, 0.717) is 6.92 Å². The number of halogens is 3. The van der Waals surface area contributed by atoms with Crippen LogP contribution in [0, 0.1) is 5.41 Å². The predicted octanol–water partition coefficient (Wildman–Crippen LogP) is 0.577. The molecule has 2 amide bonds. The van der Waals surface area contributed by atoms with Crippen molar-refractivity contribution in [2.24, 2.45) is 5.41 Å². The molecule has 0 fully saturated rings. The maximum atomic E-state index is 12.5. The Morgan fingerprint density at radius 2 is 1.53 bits per heavy atom. The van der Waals surface area contributed by atoms with Crippen molar-refractivity contribution in [1.82, 2.24) is 10.6 Å². The standard InChI is InChI=1S/C11H19F3N2O3/c1-9(2,3)6(7(17)15-5)16-8(18)10(4,19)11(12,13)14/h6,19H,1-5H3,(H,15,17)(H,16,18). The van der Waals surface area contributed by atoms with Gasteiger partial charge in [-0.1, -0.05) is 20.8 Å². The molecular formula is C11H19F3N2O3. The van der Waals surface area contributed by atoms with Gasteiger partial charge in [0.05, 0.1) is 0 Å². The second-order valence-electron chi connectivity index (χ2n) is 5.46. The van der Waals surface area contributed by atoms with E-state index in [1.165, 1.54) is 7.05 Å². The van der Waals surface area contributed by atoms with E-state index in [0.717, 1.165) is 0 Å². The lowest BCUT2D eigenvalue weighted by Crippen LogP contribution is -2.61. The van der Waals surface area contributed by atoms with Gasteiger partial charge in [0.1, 0.15) is 6.04 Å². The molecule has 3 N–H and O–H groups in total. The second kappa shape index (κ2) is 5.36. The molecule has 0 aliphatic heterocycles. The summed E-state index contributed by atoms with van der Waals surface area (Å²) < 4.78 is 37.5. The van der Waals surface area contributed by atoms with E-state index >= 15 is 0 Å². The van der Waals surface area contributed by atoms with Crippen LogP contribution in [0.3, 0.4) is 0 Å². The first-order valence-corrected chi connectivity index (χ1v) is 5.56. The number of aliphatic hydroxyl groups is 1. The summed E-state index contributed by atoms with van der Waals surface area (Å²) in [5, 5.41) is 13.4. The summed E-state index contributed by atoms with van der Waals surface area (Å²) in [4.78, 5) is 23.1. The molecule has 0 aromatic carbocycles. The zero-order valence-electron chi connectivity index (χ0n) is 11.5. The third-order valence-electron chi connectivity index (χ3n) is 2.64. The normalized spacial score (nSPS) is 17.3. The fourth-order valence-electron chi connectivity index (χ4n) is 1.22. The van der Waals surface area contributed by atoms with Gasteiger partial charge in [0.25, 0.3) is 5.91 Å². The summed E-state index contributed by atoms with van der Waals surface area (Å²) in [6.45, 7) is 5.08. The highest BCUT2D eigenvalue weighted by atomic mass is 19.4. The van der Waals surface area contributed by atoms with Crippen LogP contribution >= 0.6 is 0 Å². The van der Waals surface area contributed by atoms with Gasteiger partial charge >= 0.3 is 6.18 Å². The predicted molar refractivity (Wildman–Crippen MR) is 62.1 cm³/mol. The molecule has 0 aliphatic carbocycles. The van der Waals surface area contributed by atoms with Crippen LogP contribution in [0.1, 0.15) is 27.7 Å². The summed E-state index contributed by atoms with van der Waals surface area (Å²) in [5.41, 5.74) is -4.36. The molecule has 2 atom stereocenters. The molecule has 0 radical (unpaired) electrons. The number of likely N-dealkylation sites (N-methyl/N-ethyl adjacent to an activating group) is 1. The lowest BCUT2D eigenvalue weighted by molar-refractivity contribution is -0.245. The molecule has 0 bridgehead atoms. The smallest absolute Gasteiger partial charge is 0.373 e. The van der Waals surface area contributed by atoms with E-state index in [9.17, 15) is 27.9 Å². The average Bonchev–Trinajstić information content (AvgIpc) is 2.21. The number of hydrogen-bond donors (Lipinski definition) is 3. The zero-order valence-corrected chi connectivity index (χ0v) is 11.5. The van der Waals surface area contributed by atoms with Crippen molar-refractivity contribution >= 4 is 11.8 Å². The molecule has 2 unspecified atom stereocenters. The molecule has 112 valence electrons. The summed E-state index contributed by atoms with van der Waals surface area (Å²) in [6, 6.07) is -1.20. The minimum Gasteiger partial charge on any atom is -0.373 e. The van der Waals surface area contributed by atoms with Crippen molar-refractivity contribution in [3.05, 3.63) is 0 Å². The number of alkyl halides is 3. The second-order valence-corrected chi connectivity index (χ2v) is 5.46. The van der Waals surface area contributed by atoms with E-state index in [4.69, 9.17) is 0 Å². The third kappa shape index (κ3) is 4.09. The van der Waals surface area contributed by atoms with Gasteiger partial charge in [0.15, 0.2) is 0 Å². The molecule has 5 nitrogen and oxygen atoms in total. The highest BCUT2D eigenvalue weighted by Crippen LogP contribution is 2.31. The Hall–Kier alpha value is -1.31. The van der Waals surface area contributed by atoms with E-state index in [1.807, 2.05) is 5.32 Å². The Morgan fingerprint density at radius 3 is 1.79 bits per heavy atom. The van der Waals surface area contributed by atoms with Crippen LogP contribution in [0.2, 0.25) is 0 Å². The monoisotopic (exact) mass is 284 g/mol. The van der Waals surface area contributed by atoms with Gasteiger partial charge in [-0.15, -0.1) is 0 Å². The van der Waals surface area contributed by atoms with Gasteiger partial charge in [-0.3, -0.25) is 9.59 Å². The largest absolute Gasteiger partial charge is 0.426 e. The van der Waals surface area contributed by atoms with Gasteiger partial charge in [-0.05, 0) is 12.3 Å². The Balaban J connectivity index is 5.19. The lowest BCUT2D eigenvalue weighted by Gasteiger charge is -2.33. The number of hydrogen-bond acceptors (Lipinski definition) is 3. The molecule has 19 heavy (non-hydrogen) atoms. The molecule has 0 rings (SSSR count). The number of carbonyl (C=O) groups is 2. The first-order chi connectivity index (χ1) is 8.25. The number of nitrogens with one attached hydrogen (secondary N) is 2. The van der Waals surface area contributed by atoms with Gasteiger partial charge in [0, 0.05) is 7.05 Å². The first kappa shape index (κ1) is 17.7. The summed E-state index contributed by atoms with van der Waals surface area (Å²) in [7, 11) is 1.30. The van der Waals surface area contributed by atoms with Crippen LogP contribution in [-0.2, 0) is 9.59 Å². The van der Waals surface area contributed by atoms with Crippen molar-refractivity contribution in [2.45, 2.75) is 45.5 Å². The minimum absolute atomic E-state index is 0.339. The molecule has 0 spiro atoms. The van der Waals surface area contributed by atoms with Crippen LogP contribution in [0.15, 0.2) is 0 Å². The fourth-order valence-corrected chi connectivity index (χ4v) is 1.22. The molecule has 0 aliphatic rings. The molecule has 0 saturated carbocycles. The SMILES string of the molecule is CNC(=O)C(NC(=O)C(C)(O)C(F)(F)F)C(C)(C)C. The number of amides is 2. The maximum Gasteiger partial charge on any atom is 0.426 e. The fraction of sp³-hybridized carbons (Fsp3) is 0.818. The zero-order chi connectivity index (χ0) is 15.6. The van der Waals surface area contributed by atoms with Gasteiger partial charge < -0.3 is 15.7 Å². The summed E-state index contributed by atoms with van der Waals surface area (Å²) in [5.74, 6) is -2.30. The maximum absolute atomic E-state index is 12.5. The topological polar surface area (TPSA) is 78.4 Å². The lowest BCUT2D eigenvalue weighted by atomic mass is 9.85. The van der Waals surface area contributed by atoms with Gasteiger partial charge in [-0.2, -0.15) is 13.2 Å². The van der Waals surface area contributed by atoms with E-state index in [-0.39, 0.29) is 0 Å². The highest BCUT2D eigenvalue weighted by Gasteiger charge is 2.56. The molecule has 0 aromatic heterocycles. The van der Waals surface area contributed by atoms with Crippen LogP contribution in [-0.4, -0.2) is 41.8 Å². The van der Waals surface area contributed by atoms with E-state index in [1.54, 1.807) is 20.8 Å². The van der Waals surface area contributed by atoms with Crippen molar-refractivity contribution in [3.8, 4) is 0 Å². The Labute approximate surface area is 109 Å². The van der Waals surface area contributed by atoms with E-state index in [2.05, 4.69) is 5.32 Å². The molecular weight excluding hydrogens is 265 g/mol. The number of carbonyl (C=O) groups excluding carboxylic acids is 2. The van der Waals surface area contributed by atoms with Gasteiger partial charge in [0.2, 0.25) is 11.5 Å². The Morgan fingerprint density at radius 1 is 1.11 bits per heavy atom. The van der Waals surface area contributed by atoms with Crippen molar-refractivity contribution in [1.29, 1.82) is 0 Å². The van der Waals surface area contributed by atoms with Crippen molar-refractivity contribution in [3.63, 3.8) is 0 Å². The molecule has 8 heteroatoms. The van der Waals surface area contributed by atoms with Crippen LogP contribution in [0.4, 0.5) is 13.2 Å². The average molecular weight is 284 g/mol. The Bertz CT molecular complexity index is 359. The highest BCUT2D eigenvalue weighted by molar-refractivity contribution is 5.92. The van der Waals surface area contributed by atoms with Crippen molar-refractivity contribution < 1.29 is 27.9 Å².